The molecule has 0 aliphatic carbocycles. The van der Waals surface area contributed by atoms with Gasteiger partial charge in [0.2, 0.25) is 11.8 Å². The number of nitro groups is 1. The van der Waals surface area contributed by atoms with Crippen molar-refractivity contribution in [2.24, 2.45) is 0 Å². The Bertz CT molecular complexity index is 486. The van der Waals surface area contributed by atoms with Gasteiger partial charge < -0.3 is 20.3 Å². The molecule has 1 aliphatic heterocycles. The van der Waals surface area contributed by atoms with Gasteiger partial charge in [0, 0.05) is 0 Å². The molecule has 3 N–H and O–H groups in total. The molecule has 2 heterocycles. The summed E-state index contributed by atoms with van der Waals surface area (Å²) >= 11 is 0. The van der Waals surface area contributed by atoms with Crippen molar-refractivity contribution in [1.82, 2.24) is 9.97 Å². The molecule has 9 heteroatoms. The van der Waals surface area contributed by atoms with Gasteiger partial charge in [-0.05, 0) is 0 Å². The van der Waals surface area contributed by atoms with Crippen molar-refractivity contribution in [2.45, 2.75) is 0 Å². The normalized spacial score (nSPS) is 16.4. The number of quaternary nitrogens is 1. The number of ether oxygens (including phenoxy) is 1. The van der Waals surface area contributed by atoms with Crippen molar-refractivity contribution >= 4 is 17.5 Å². The van der Waals surface area contributed by atoms with Gasteiger partial charge in [0.1, 0.15) is 0 Å². The summed E-state index contributed by atoms with van der Waals surface area (Å²) in [5, 5.41) is 10.9. The van der Waals surface area contributed by atoms with Crippen LogP contribution in [0.4, 0.5) is 17.5 Å². The fraction of sp³-hybridized carbons (Fsp3) is 0.600. The minimum Gasteiger partial charge on any atom is -0.476 e. The molecule has 2 rings (SSSR count). The first-order chi connectivity index (χ1) is 9.02. The minimum absolute atomic E-state index is 0.0984. The lowest BCUT2D eigenvalue weighted by Gasteiger charge is -2.30. The predicted octanol–water partition coefficient (Wildman–Crippen LogP) is -1.69. The van der Waals surface area contributed by atoms with Crippen LogP contribution in [0.15, 0.2) is 0 Å². The Morgan fingerprint density at radius 2 is 2.05 bits per heavy atom. The van der Waals surface area contributed by atoms with E-state index in [1.807, 2.05) is 4.90 Å². The molecule has 19 heavy (non-hydrogen) atoms. The van der Waals surface area contributed by atoms with Gasteiger partial charge in [-0.15, -0.1) is 0 Å². The molecule has 0 radical (unpaired) electrons. The van der Waals surface area contributed by atoms with Crippen LogP contribution in [0.2, 0.25) is 0 Å². The monoisotopic (exact) mass is 269 g/mol. The summed E-state index contributed by atoms with van der Waals surface area (Å²) in [4.78, 5) is 21.7. The van der Waals surface area contributed by atoms with Crippen molar-refractivity contribution < 1.29 is 14.6 Å². The van der Waals surface area contributed by atoms with Crippen molar-refractivity contribution in [3.8, 4) is 5.88 Å². The average molecular weight is 269 g/mol. The lowest BCUT2D eigenvalue weighted by Crippen LogP contribution is -3.12. The van der Waals surface area contributed by atoms with E-state index in [4.69, 9.17) is 10.5 Å². The number of anilines is 2. The Balaban J connectivity index is 2.32. The molecule has 0 amide bonds. The van der Waals surface area contributed by atoms with Gasteiger partial charge in [-0.3, -0.25) is 10.1 Å². The third kappa shape index (κ3) is 2.65. The highest BCUT2D eigenvalue weighted by atomic mass is 16.6. The number of nitrogens with one attached hydrogen (secondary N) is 1. The molecule has 9 nitrogen and oxygen atoms in total. The lowest BCUT2D eigenvalue weighted by atomic mass is 10.3. The molecule has 1 aromatic rings. The van der Waals surface area contributed by atoms with E-state index in [2.05, 4.69) is 17.0 Å². The van der Waals surface area contributed by atoms with Crippen LogP contribution in [0.5, 0.6) is 5.88 Å². The standard InChI is InChI=1S/C10H16N6O3/c1-14-3-5-15(6-4-14)10-12-8(11)7(16(17)18)9(13-10)19-2/h3-6H2,1-2H3,(H2,11,12,13)/p+1. The first kappa shape index (κ1) is 13.3. The minimum atomic E-state index is -0.633. The molecule has 0 aromatic carbocycles. The Hall–Kier alpha value is -2.16. The third-order valence-corrected chi connectivity index (χ3v) is 3.14. The second kappa shape index (κ2) is 5.22. The van der Waals surface area contributed by atoms with E-state index in [0.717, 1.165) is 26.2 Å². The second-order valence-corrected chi connectivity index (χ2v) is 4.47. The summed E-state index contributed by atoms with van der Waals surface area (Å²) in [5.74, 6) is 0.115. The molecule has 1 fully saturated rings. The van der Waals surface area contributed by atoms with Gasteiger partial charge in [0.15, 0.2) is 0 Å². The number of nitrogen functional groups attached to an aromatic ring is 1. The van der Waals surface area contributed by atoms with E-state index in [1.54, 1.807) is 0 Å². The summed E-state index contributed by atoms with van der Waals surface area (Å²) in [7, 11) is 3.44. The molecule has 1 saturated heterocycles. The van der Waals surface area contributed by atoms with Crippen molar-refractivity contribution in [1.29, 1.82) is 0 Å². The molecule has 104 valence electrons. The zero-order valence-corrected chi connectivity index (χ0v) is 10.9. The summed E-state index contributed by atoms with van der Waals surface area (Å²) in [6, 6.07) is 0. The number of nitrogens with zero attached hydrogens (tertiary/aromatic N) is 4. The van der Waals surface area contributed by atoms with Gasteiger partial charge in [0.05, 0.1) is 45.3 Å². The maximum atomic E-state index is 10.9. The number of nitrogens with two attached hydrogens (primary N) is 1. The summed E-state index contributed by atoms with van der Waals surface area (Å²) < 4.78 is 4.94. The largest absolute Gasteiger partial charge is 0.476 e. The van der Waals surface area contributed by atoms with Gasteiger partial charge in [0.25, 0.3) is 0 Å². The molecule has 0 atom stereocenters. The number of hydrogen-bond acceptors (Lipinski definition) is 7. The molecule has 1 aliphatic rings. The van der Waals surface area contributed by atoms with Crippen molar-refractivity contribution in [3.63, 3.8) is 0 Å². The van der Waals surface area contributed by atoms with E-state index in [1.165, 1.54) is 12.0 Å². The Kier molecular flexibility index (Phi) is 3.65. The van der Waals surface area contributed by atoms with Crippen LogP contribution in [0, 0.1) is 10.1 Å². The average Bonchev–Trinajstić information content (AvgIpc) is 2.38. The Morgan fingerprint density at radius 3 is 2.58 bits per heavy atom. The number of aromatic nitrogens is 2. The van der Waals surface area contributed by atoms with Crippen LogP contribution in [0.1, 0.15) is 0 Å². The zero-order chi connectivity index (χ0) is 14.0. The van der Waals surface area contributed by atoms with Gasteiger partial charge in [-0.1, -0.05) is 0 Å². The quantitative estimate of drug-likeness (QED) is 0.497. The Labute approximate surface area is 110 Å². The fourth-order valence-electron chi connectivity index (χ4n) is 1.98. The third-order valence-electron chi connectivity index (χ3n) is 3.14. The van der Waals surface area contributed by atoms with Crippen LogP contribution in [0.3, 0.4) is 0 Å². The van der Waals surface area contributed by atoms with Crippen LogP contribution in [0.25, 0.3) is 0 Å². The van der Waals surface area contributed by atoms with E-state index >= 15 is 0 Å². The molecule has 0 unspecified atom stereocenters. The molecular formula is C10H17N6O3+. The molecule has 0 spiro atoms. The lowest BCUT2D eigenvalue weighted by molar-refractivity contribution is -0.880. The smallest absolute Gasteiger partial charge is 0.372 e. The maximum Gasteiger partial charge on any atom is 0.372 e. The first-order valence-corrected chi connectivity index (χ1v) is 5.95. The van der Waals surface area contributed by atoms with Crippen molar-refractivity contribution in [2.75, 3.05) is 51.0 Å². The van der Waals surface area contributed by atoms with E-state index in [0.29, 0.717) is 5.95 Å². The van der Waals surface area contributed by atoms with Crippen LogP contribution in [-0.2, 0) is 0 Å². The highest BCUT2D eigenvalue weighted by Crippen LogP contribution is 2.31. The zero-order valence-electron chi connectivity index (χ0n) is 10.9. The van der Waals surface area contributed by atoms with Gasteiger partial charge in [-0.2, -0.15) is 9.97 Å². The van der Waals surface area contributed by atoms with Crippen molar-refractivity contribution in [3.05, 3.63) is 10.1 Å². The highest BCUT2D eigenvalue weighted by molar-refractivity contribution is 5.61. The number of methoxy groups -OCH3 is 1. The van der Waals surface area contributed by atoms with Crippen LogP contribution >= 0.6 is 0 Å². The fourth-order valence-corrected chi connectivity index (χ4v) is 1.98. The van der Waals surface area contributed by atoms with E-state index in [9.17, 15) is 10.1 Å². The summed E-state index contributed by atoms with van der Waals surface area (Å²) in [6.07, 6.45) is 0. The summed E-state index contributed by atoms with van der Waals surface area (Å²) in [6.45, 7) is 3.49. The highest BCUT2D eigenvalue weighted by Gasteiger charge is 2.27. The van der Waals surface area contributed by atoms with Gasteiger partial charge >= 0.3 is 11.6 Å². The topological polar surface area (TPSA) is 112 Å². The predicted molar refractivity (Wildman–Crippen MR) is 68.5 cm³/mol. The van der Waals surface area contributed by atoms with Crippen LogP contribution < -0.4 is 20.3 Å². The van der Waals surface area contributed by atoms with Gasteiger partial charge in [-0.25, -0.2) is 0 Å². The molecule has 0 bridgehead atoms. The molecule has 1 aromatic heterocycles. The first-order valence-electron chi connectivity index (χ1n) is 5.95. The number of rotatable bonds is 3. The number of likely N-dealkylation sites (N-methyl/N-ethyl adjacent to an activating group) is 1. The number of piperazine rings is 1. The van der Waals surface area contributed by atoms with Crippen LogP contribution in [-0.4, -0.2) is 55.2 Å². The maximum absolute atomic E-state index is 10.9. The number of hydrogen-bond donors (Lipinski definition) is 2. The SMILES string of the molecule is COc1nc(N2CC[NH+](C)CC2)nc(N)c1[N+](=O)[O-]. The van der Waals surface area contributed by atoms with E-state index in [-0.39, 0.29) is 17.4 Å². The molecular weight excluding hydrogens is 252 g/mol. The molecule has 0 saturated carbocycles. The summed E-state index contributed by atoms with van der Waals surface area (Å²) in [5.41, 5.74) is 5.24. The van der Waals surface area contributed by atoms with E-state index < -0.39 is 4.92 Å². The Morgan fingerprint density at radius 1 is 1.42 bits per heavy atom. The second-order valence-electron chi connectivity index (χ2n) is 4.47.